The second kappa shape index (κ2) is 6.66. The molecule has 0 spiro atoms. The number of likely N-dealkylation sites (N-methyl/N-ethyl adjacent to an activating group) is 1. The highest BCUT2D eigenvalue weighted by molar-refractivity contribution is 5.22. The second-order valence-electron chi connectivity index (χ2n) is 6.06. The molecule has 20 heavy (non-hydrogen) atoms. The van der Waals surface area contributed by atoms with Gasteiger partial charge in [0, 0.05) is 25.2 Å². The van der Waals surface area contributed by atoms with Gasteiger partial charge in [0.15, 0.2) is 0 Å². The van der Waals surface area contributed by atoms with Crippen LogP contribution in [0, 0.1) is 5.82 Å². The van der Waals surface area contributed by atoms with Gasteiger partial charge in [-0.15, -0.1) is 0 Å². The van der Waals surface area contributed by atoms with Crippen molar-refractivity contribution in [3.63, 3.8) is 0 Å². The standard InChI is InChI=1S/C16H26FN3/c1-12-11-19(3)8-5-9-20(12)16(13(2)18)14-6-4-7-15(17)10-14/h4,6-7,10,12-13,16H,5,8-9,11,18H2,1-3H3. The van der Waals surface area contributed by atoms with Gasteiger partial charge in [-0.3, -0.25) is 4.90 Å². The van der Waals surface area contributed by atoms with Crippen LogP contribution in [0.4, 0.5) is 4.39 Å². The highest BCUT2D eigenvalue weighted by Gasteiger charge is 2.30. The SMILES string of the molecule is CC(N)C(c1cccc(F)c1)N1CCCN(C)CC1C. The monoisotopic (exact) mass is 279 g/mol. The molecular formula is C16H26FN3. The third-order valence-electron chi connectivity index (χ3n) is 4.14. The Bertz CT molecular complexity index is 435. The molecule has 1 heterocycles. The number of nitrogens with two attached hydrogens (primary N) is 1. The topological polar surface area (TPSA) is 32.5 Å². The Balaban J connectivity index is 2.28. The van der Waals surface area contributed by atoms with Gasteiger partial charge >= 0.3 is 0 Å². The van der Waals surface area contributed by atoms with E-state index in [-0.39, 0.29) is 17.9 Å². The number of benzene rings is 1. The van der Waals surface area contributed by atoms with Gasteiger partial charge in [-0.2, -0.15) is 0 Å². The largest absolute Gasteiger partial charge is 0.326 e. The van der Waals surface area contributed by atoms with Crippen LogP contribution in [-0.2, 0) is 0 Å². The molecule has 3 atom stereocenters. The van der Waals surface area contributed by atoms with Crippen LogP contribution in [0.5, 0.6) is 0 Å². The van der Waals surface area contributed by atoms with Crippen LogP contribution in [0.15, 0.2) is 24.3 Å². The lowest BCUT2D eigenvalue weighted by atomic mass is 9.97. The van der Waals surface area contributed by atoms with E-state index in [1.165, 1.54) is 6.07 Å². The summed E-state index contributed by atoms with van der Waals surface area (Å²) >= 11 is 0. The molecule has 1 fully saturated rings. The summed E-state index contributed by atoms with van der Waals surface area (Å²) in [6.07, 6.45) is 1.12. The van der Waals surface area contributed by atoms with Crippen molar-refractivity contribution in [2.45, 2.75) is 38.4 Å². The van der Waals surface area contributed by atoms with Gasteiger partial charge in [-0.25, -0.2) is 4.39 Å². The molecule has 1 aromatic carbocycles. The minimum Gasteiger partial charge on any atom is -0.326 e. The van der Waals surface area contributed by atoms with E-state index in [2.05, 4.69) is 23.8 Å². The van der Waals surface area contributed by atoms with Gasteiger partial charge in [-0.1, -0.05) is 12.1 Å². The summed E-state index contributed by atoms with van der Waals surface area (Å²) in [6, 6.07) is 7.33. The zero-order chi connectivity index (χ0) is 14.7. The Morgan fingerprint density at radius 2 is 2.10 bits per heavy atom. The maximum absolute atomic E-state index is 13.5. The van der Waals surface area contributed by atoms with Gasteiger partial charge in [0.25, 0.3) is 0 Å². The molecule has 3 nitrogen and oxygen atoms in total. The number of nitrogens with zero attached hydrogens (tertiary/aromatic N) is 2. The minimum atomic E-state index is -0.187. The summed E-state index contributed by atoms with van der Waals surface area (Å²) in [5.41, 5.74) is 7.20. The van der Waals surface area contributed by atoms with Gasteiger partial charge in [0.2, 0.25) is 0 Å². The molecule has 1 aliphatic heterocycles. The molecule has 2 rings (SSSR count). The van der Waals surface area contributed by atoms with E-state index < -0.39 is 0 Å². The van der Waals surface area contributed by atoms with Crippen LogP contribution in [0.2, 0.25) is 0 Å². The fourth-order valence-electron chi connectivity index (χ4n) is 3.29. The lowest BCUT2D eigenvalue weighted by molar-refractivity contribution is 0.127. The minimum absolute atomic E-state index is 0.0253. The first kappa shape index (κ1) is 15.4. The van der Waals surface area contributed by atoms with Crippen LogP contribution >= 0.6 is 0 Å². The summed E-state index contributed by atoms with van der Waals surface area (Å²) in [5, 5.41) is 0. The Labute approximate surface area is 121 Å². The van der Waals surface area contributed by atoms with E-state index in [9.17, 15) is 4.39 Å². The Kier molecular flexibility index (Phi) is 5.13. The number of rotatable bonds is 3. The predicted octanol–water partition coefficient (Wildman–Crippen LogP) is 2.24. The zero-order valence-corrected chi connectivity index (χ0v) is 12.7. The molecule has 0 bridgehead atoms. The van der Waals surface area contributed by atoms with Crippen molar-refractivity contribution in [3.05, 3.63) is 35.6 Å². The Morgan fingerprint density at radius 1 is 1.35 bits per heavy atom. The van der Waals surface area contributed by atoms with E-state index >= 15 is 0 Å². The van der Waals surface area contributed by atoms with Crippen LogP contribution in [0.25, 0.3) is 0 Å². The van der Waals surface area contributed by atoms with E-state index in [0.717, 1.165) is 31.6 Å². The molecular weight excluding hydrogens is 253 g/mol. The van der Waals surface area contributed by atoms with E-state index in [0.29, 0.717) is 6.04 Å². The van der Waals surface area contributed by atoms with Crippen LogP contribution < -0.4 is 5.73 Å². The van der Waals surface area contributed by atoms with E-state index in [4.69, 9.17) is 5.73 Å². The normalized spacial score (nSPS) is 25.1. The quantitative estimate of drug-likeness (QED) is 0.921. The van der Waals surface area contributed by atoms with Crippen molar-refractivity contribution < 1.29 is 4.39 Å². The van der Waals surface area contributed by atoms with E-state index in [1.807, 2.05) is 13.0 Å². The molecule has 0 radical (unpaired) electrons. The third kappa shape index (κ3) is 3.57. The second-order valence-corrected chi connectivity index (χ2v) is 6.06. The van der Waals surface area contributed by atoms with Crippen molar-refractivity contribution in [3.8, 4) is 0 Å². The number of halogens is 1. The van der Waals surface area contributed by atoms with Crippen LogP contribution in [0.3, 0.4) is 0 Å². The fraction of sp³-hybridized carbons (Fsp3) is 0.625. The Morgan fingerprint density at radius 3 is 2.75 bits per heavy atom. The molecule has 2 N–H and O–H groups in total. The lowest BCUT2D eigenvalue weighted by Crippen LogP contribution is -2.46. The summed E-state index contributed by atoms with van der Waals surface area (Å²) < 4.78 is 13.5. The smallest absolute Gasteiger partial charge is 0.123 e. The molecule has 1 aromatic rings. The molecule has 0 aromatic heterocycles. The summed E-state index contributed by atoms with van der Waals surface area (Å²) in [7, 11) is 2.16. The summed E-state index contributed by atoms with van der Waals surface area (Å²) in [5.74, 6) is -0.187. The molecule has 1 saturated heterocycles. The molecule has 112 valence electrons. The van der Waals surface area contributed by atoms with Crippen LogP contribution in [-0.4, -0.2) is 48.6 Å². The van der Waals surface area contributed by atoms with Gasteiger partial charge in [0.1, 0.15) is 5.82 Å². The zero-order valence-electron chi connectivity index (χ0n) is 12.7. The number of hydrogen-bond acceptors (Lipinski definition) is 3. The molecule has 3 unspecified atom stereocenters. The molecule has 0 saturated carbocycles. The van der Waals surface area contributed by atoms with Crippen LogP contribution in [0.1, 0.15) is 31.9 Å². The number of hydrogen-bond donors (Lipinski definition) is 1. The van der Waals surface area contributed by atoms with Crippen molar-refractivity contribution in [1.29, 1.82) is 0 Å². The van der Waals surface area contributed by atoms with Gasteiger partial charge in [-0.05, 0) is 51.6 Å². The maximum atomic E-state index is 13.5. The molecule has 0 aliphatic carbocycles. The molecule has 4 heteroatoms. The Hall–Kier alpha value is -0.970. The van der Waals surface area contributed by atoms with Gasteiger partial charge in [0.05, 0.1) is 6.04 Å². The lowest BCUT2D eigenvalue weighted by Gasteiger charge is -2.38. The van der Waals surface area contributed by atoms with Crippen molar-refractivity contribution in [1.82, 2.24) is 9.80 Å². The molecule has 1 aliphatic rings. The fourth-order valence-corrected chi connectivity index (χ4v) is 3.29. The first-order valence-electron chi connectivity index (χ1n) is 7.44. The first-order chi connectivity index (χ1) is 9.49. The molecule has 0 amide bonds. The first-order valence-corrected chi connectivity index (χ1v) is 7.44. The highest BCUT2D eigenvalue weighted by atomic mass is 19.1. The highest BCUT2D eigenvalue weighted by Crippen LogP contribution is 2.27. The maximum Gasteiger partial charge on any atom is 0.123 e. The van der Waals surface area contributed by atoms with Crippen molar-refractivity contribution in [2.24, 2.45) is 5.73 Å². The van der Waals surface area contributed by atoms with Crippen molar-refractivity contribution >= 4 is 0 Å². The summed E-state index contributed by atoms with van der Waals surface area (Å²) in [4.78, 5) is 4.79. The average molecular weight is 279 g/mol. The average Bonchev–Trinajstić information content (AvgIpc) is 2.51. The predicted molar refractivity (Wildman–Crippen MR) is 81.1 cm³/mol. The van der Waals surface area contributed by atoms with E-state index in [1.54, 1.807) is 12.1 Å². The third-order valence-corrected chi connectivity index (χ3v) is 4.14. The summed E-state index contributed by atoms with van der Waals surface area (Å²) in [6.45, 7) is 7.38. The van der Waals surface area contributed by atoms with Crippen molar-refractivity contribution in [2.75, 3.05) is 26.7 Å². The van der Waals surface area contributed by atoms with Gasteiger partial charge < -0.3 is 10.6 Å².